The van der Waals surface area contributed by atoms with Crippen molar-refractivity contribution >= 4 is 39.0 Å². The van der Waals surface area contributed by atoms with Gasteiger partial charge in [-0.25, -0.2) is 4.98 Å². The van der Waals surface area contributed by atoms with Gasteiger partial charge in [0.25, 0.3) is 0 Å². The highest BCUT2D eigenvalue weighted by atomic mass is 79.9. The number of halogens is 1. The predicted octanol–water partition coefficient (Wildman–Crippen LogP) is 2.92. The van der Waals surface area contributed by atoms with Crippen molar-refractivity contribution in [1.29, 1.82) is 0 Å². The Hall–Kier alpha value is -0.330. The minimum atomic E-state index is 0.861. The Bertz CT molecular complexity index is 371. The van der Waals surface area contributed by atoms with Crippen LogP contribution in [-0.4, -0.2) is 15.2 Å². The molecule has 0 saturated carbocycles. The van der Waals surface area contributed by atoms with Crippen LogP contribution in [-0.2, 0) is 5.75 Å². The molecule has 3 nitrogen and oxygen atoms in total. The van der Waals surface area contributed by atoms with E-state index in [9.17, 15) is 0 Å². The highest BCUT2D eigenvalue weighted by Crippen LogP contribution is 2.28. The smallest absolute Gasteiger partial charge is 0.183 e. The maximum Gasteiger partial charge on any atom is 0.183 e. The second kappa shape index (κ2) is 4.26. The average Bonchev–Trinajstić information content (AvgIpc) is 2.72. The predicted molar refractivity (Wildman–Crippen MR) is 58.0 cm³/mol. The fraction of sp³-hybridized carbons (Fsp3) is 0.143. The van der Waals surface area contributed by atoms with E-state index in [-0.39, 0.29) is 0 Å². The maximum atomic E-state index is 4.03. The van der Waals surface area contributed by atoms with E-state index in [4.69, 9.17) is 0 Å². The molecule has 0 fully saturated rings. The third-order valence-corrected chi connectivity index (χ3v) is 4.44. The first-order chi connectivity index (χ1) is 6.36. The molecule has 2 aromatic heterocycles. The fourth-order valence-electron chi connectivity index (χ4n) is 0.826. The van der Waals surface area contributed by atoms with E-state index < -0.39 is 0 Å². The van der Waals surface area contributed by atoms with Gasteiger partial charge in [0.05, 0.1) is 0 Å². The third kappa shape index (κ3) is 2.32. The molecule has 0 aliphatic heterocycles. The van der Waals surface area contributed by atoms with Crippen molar-refractivity contribution in [1.82, 2.24) is 15.2 Å². The summed E-state index contributed by atoms with van der Waals surface area (Å²) in [5.41, 5.74) is 0. The quantitative estimate of drug-likeness (QED) is 0.876. The van der Waals surface area contributed by atoms with E-state index in [2.05, 4.69) is 42.6 Å². The van der Waals surface area contributed by atoms with Crippen LogP contribution in [0.4, 0.5) is 0 Å². The number of thiophene rings is 1. The molecule has 2 heterocycles. The fourth-order valence-corrected chi connectivity index (χ4v) is 3.40. The normalized spacial score (nSPS) is 10.5. The summed E-state index contributed by atoms with van der Waals surface area (Å²) in [7, 11) is 0. The molecule has 2 rings (SSSR count). The van der Waals surface area contributed by atoms with Crippen molar-refractivity contribution in [2.75, 3.05) is 0 Å². The molecule has 0 saturated heterocycles. The van der Waals surface area contributed by atoms with Crippen molar-refractivity contribution in [3.05, 3.63) is 27.1 Å². The number of rotatable bonds is 3. The van der Waals surface area contributed by atoms with E-state index >= 15 is 0 Å². The highest BCUT2D eigenvalue weighted by Gasteiger charge is 2.03. The van der Waals surface area contributed by atoms with Crippen molar-refractivity contribution in [3.63, 3.8) is 0 Å². The van der Waals surface area contributed by atoms with Gasteiger partial charge in [0.15, 0.2) is 5.16 Å². The third-order valence-electron chi connectivity index (χ3n) is 1.42. The van der Waals surface area contributed by atoms with Crippen molar-refractivity contribution in [2.45, 2.75) is 10.9 Å². The van der Waals surface area contributed by atoms with Crippen LogP contribution in [0.5, 0.6) is 0 Å². The van der Waals surface area contributed by atoms with Gasteiger partial charge in [-0.1, -0.05) is 11.8 Å². The van der Waals surface area contributed by atoms with Gasteiger partial charge in [-0.2, -0.15) is 5.10 Å². The Morgan fingerprint density at radius 2 is 2.54 bits per heavy atom. The van der Waals surface area contributed by atoms with E-state index in [0.717, 1.165) is 10.9 Å². The first-order valence-corrected chi connectivity index (χ1v) is 6.22. The summed E-state index contributed by atoms with van der Waals surface area (Å²) in [4.78, 5) is 5.35. The topological polar surface area (TPSA) is 41.6 Å². The summed E-state index contributed by atoms with van der Waals surface area (Å²) in [6.07, 6.45) is 1.52. The molecule has 68 valence electrons. The number of aromatic amines is 1. The molecule has 0 bridgehead atoms. The SMILES string of the molecule is Brc1ccsc1CSc1ncn[nH]1. The first-order valence-electron chi connectivity index (χ1n) is 3.56. The Balaban J connectivity index is 1.97. The van der Waals surface area contributed by atoms with E-state index in [1.165, 1.54) is 15.7 Å². The molecule has 1 N–H and O–H groups in total. The molecule has 2 aromatic rings. The Kier molecular flexibility index (Phi) is 3.02. The first kappa shape index (κ1) is 9.23. The number of hydrogen-bond donors (Lipinski definition) is 1. The lowest BCUT2D eigenvalue weighted by molar-refractivity contribution is 0.973. The number of aromatic nitrogens is 3. The lowest BCUT2D eigenvalue weighted by Crippen LogP contribution is -1.78. The minimum Gasteiger partial charge on any atom is -0.254 e. The van der Waals surface area contributed by atoms with Gasteiger partial charge in [-0.3, -0.25) is 5.10 Å². The second-order valence-corrected chi connectivity index (χ2v) is 5.09. The van der Waals surface area contributed by atoms with Crippen LogP contribution in [0.15, 0.2) is 27.4 Å². The molecule has 0 aromatic carbocycles. The molecule has 13 heavy (non-hydrogen) atoms. The minimum absolute atomic E-state index is 0.861. The Morgan fingerprint density at radius 3 is 3.15 bits per heavy atom. The van der Waals surface area contributed by atoms with Gasteiger partial charge in [0.1, 0.15) is 6.33 Å². The van der Waals surface area contributed by atoms with Crippen molar-refractivity contribution < 1.29 is 0 Å². The lowest BCUT2D eigenvalue weighted by Gasteiger charge is -1.94. The highest BCUT2D eigenvalue weighted by molar-refractivity contribution is 9.10. The summed E-state index contributed by atoms with van der Waals surface area (Å²) in [5, 5.41) is 9.52. The number of hydrogen-bond acceptors (Lipinski definition) is 4. The average molecular weight is 276 g/mol. The number of H-pyrrole nitrogens is 1. The van der Waals surface area contributed by atoms with Crippen molar-refractivity contribution in [2.24, 2.45) is 0 Å². The lowest BCUT2D eigenvalue weighted by atomic mass is 10.5. The molecule has 6 heteroatoms. The van der Waals surface area contributed by atoms with Crippen LogP contribution in [0.25, 0.3) is 0 Å². The van der Waals surface area contributed by atoms with Crippen LogP contribution in [0.1, 0.15) is 4.88 Å². The summed E-state index contributed by atoms with van der Waals surface area (Å²) < 4.78 is 1.17. The largest absolute Gasteiger partial charge is 0.254 e. The van der Waals surface area contributed by atoms with Crippen LogP contribution in [0, 0.1) is 0 Å². The monoisotopic (exact) mass is 275 g/mol. The van der Waals surface area contributed by atoms with Gasteiger partial charge in [0.2, 0.25) is 0 Å². The summed E-state index contributed by atoms with van der Waals surface area (Å²) in [6, 6.07) is 2.06. The molecule has 0 radical (unpaired) electrons. The number of nitrogens with one attached hydrogen (secondary N) is 1. The summed E-state index contributed by atoms with van der Waals surface area (Å²) in [6.45, 7) is 0. The standard InChI is InChI=1S/C7H6BrN3S2/c8-5-1-2-12-6(5)3-13-7-9-4-10-11-7/h1-2,4H,3H2,(H,9,10,11). The molecule has 0 aliphatic rings. The van der Waals surface area contributed by atoms with E-state index in [0.29, 0.717) is 0 Å². The van der Waals surface area contributed by atoms with Gasteiger partial charge in [-0.05, 0) is 27.4 Å². The number of thioether (sulfide) groups is 1. The van der Waals surface area contributed by atoms with Crippen LogP contribution in [0.2, 0.25) is 0 Å². The van der Waals surface area contributed by atoms with Crippen molar-refractivity contribution in [3.8, 4) is 0 Å². The zero-order valence-electron chi connectivity index (χ0n) is 6.53. The van der Waals surface area contributed by atoms with Gasteiger partial charge >= 0.3 is 0 Å². The van der Waals surface area contributed by atoms with E-state index in [1.807, 2.05) is 0 Å². The number of nitrogens with zero attached hydrogens (tertiary/aromatic N) is 2. The van der Waals surface area contributed by atoms with Gasteiger partial charge in [-0.15, -0.1) is 11.3 Å². The van der Waals surface area contributed by atoms with Gasteiger partial charge in [0, 0.05) is 15.1 Å². The molecular formula is C7H6BrN3S2. The van der Waals surface area contributed by atoms with Gasteiger partial charge < -0.3 is 0 Å². The Labute approximate surface area is 92.1 Å². The van der Waals surface area contributed by atoms with E-state index in [1.54, 1.807) is 23.1 Å². The molecule has 0 amide bonds. The van der Waals surface area contributed by atoms with Crippen LogP contribution < -0.4 is 0 Å². The molecule has 0 aliphatic carbocycles. The maximum absolute atomic E-state index is 4.03. The molecular weight excluding hydrogens is 270 g/mol. The zero-order valence-corrected chi connectivity index (χ0v) is 9.75. The summed E-state index contributed by atoms with van der Waals surface area (Å²) in [5.74, 6) is 0.924. The molecule has 0 unspecified atom stereocenters. The second-order valence-electron chi connectivity index (χ2n) is 2.27. The van der Waals surface area contributed by atoms with Crippen LogP contribution >= 0.6 is 39.0 Å². The zero-order chi connectivity index (χ0) is 9.10. The van der Waals surface area contributed by atoms with Crippen LogP contribution in [0.3, 0.4) is 0 Å². The summed E-state index contributed by atoms with van der Waals surface area (Å²) >= 11 is 6.87. The Morgan fingerprint density at radius 1 is 1.62 bits per heavy atom. The molecule has 0 spiro atoms. The molecule has 0 atom stereocenters.